The zero-order chi connectivity index (χ0) is 12.3. The number of carbonyl (C=O) groups is 1. The van der Waals surface area contributed by atoms with Gasteiger partial charge in [-0.1, -0.05) is 30.3 Å². The SMILES string of the molecule is CC(NC(=O)C1CC(N)NN1)c1ccccc1. The summed E-state index contributed by atoms with van der Waals surface area (Å²) in [4.78, 5) is 11.9. The molecule has 0 aliphatic carbocycles. The number of benzene rings is 1. The van der Waals surface area contributed by atoms with Gasteiger partial charge in [-0.2, -0.15) is 0 Å². The van der Waals surface area contributed by atoms with E-state index in [-0.39, 0.29) is 24.2 Å². The van der Waals surface area contributed by atoms with Crippen LogP contribution >= 0.6 is 0 Å². The predicted octanol–water partition coefficient (Wildman–Crippen LogP) is 0.0151. The van der Waals surface area contributed by atoms with Gasteiger partial charge in [0, 0.05) is 6.42 Å². The second-order valence-corrected chi connectivity index (χ2v) is 4.32. The summed E-state index contributed by atoms with van der Waals surface area (Å²) in [5.74, 6) is -0.0261. The van der Waals surface area contributed by atoms with Crippen LogP contribution in [0.5, 0.6) is 0 Å². The number of nitrogens with two attached hydrogens (primary N) is 1. The van der Waals surface area contributed by atoms with Crippen molar-refractivity contribution in [2.45, 2.75) is 31.6 Å². The fourth-order valence-corrected chi connectivity index (χ4v) is 1.89. The highest BCUT2D eigenvalue weighted by atomic mass is 16.2. The van der Waals surface area contributed by atoms with Crippen LogP contribution in [-0.2, 0) is 4.79 Å². The molecule has 1 aliphatic rings. The maximum Gasteiger partial charge on any atom is 0.239 e. The average molecular weight is 234 g/mol. The van der Waals surface area contributed by atoms with Crippen LogP contribution < -0.4 is 21.9 Å². The first-order chi connectivity index (χ1) is 8.16. The van der Waals surface area contributed by atoms with Crippen molar-refractivity contribution in [1.29, 1.82) is 0 Å². The van der Waals surface area contributed by atoms with Crippen LogP contribution in [0.3, 0.4) is 0 Å². The first-order valence-electron chi connectivity index (χ1n) is 5.79. The minimum Gasteiger partial charge on any atom is -0.348 e. The number of amides is 1. The Morgan fingerprint density at radius 2 is 2.12 bits per heavy atom. The molecule has 5 N–H and O–H groups in total. The first-order valence-corrected chi connectivity index (χ1v) is 5.79. The van der Waals surface area contributed by atoms with Crippen molar-refractivity contribution < 1.29 is 4.79 Å². The van der Waals surface area contributed by atoms with Gasteiger partial charge in [0.25, 0.3) is 0 Å². The van der Waals surface area contributed by atoms with Crippen molar-refractivity contribution in [3.8, 4) is 0 Å². The van der Waals surface area contributed by atoms with E-state index in [1.165, 1.54) is 0 Å². The lowest BCUT2D eigenvalue weighted by atomic mass is 10.1. The average Bonchev–Trinajstić information content (AvgIpc) is 2.77. The minimum absolute atomic E-state index is 0.00215. The van der Waals surface area contributed by atoms with Gasteiger partial charge in [0.2, 0.25) is 5.91 Å². The maximum absolute atomic E-state index is 11.9. The van der Waals surface area contributed by atoms with Crippen LogP contribution in [0.2, 0.25) is 0 Å². The van der Waals surface area contributed by atoms with Gasteiger partial charge in [0.05, 0.1) is 12.2 Å². The van der Waals surface area contributed by atoms with E-state index in [0.29, 0.717) is 6.42 Å². The minimum atomic E-state index is -0.254. The third kappa shape index (κ3) is 3.03. The summed E-state index contributed by atoms with van der Waals surface area (Å²) in [6.45, 7) is 1.97. The van der Waals surface area contributed by atoms with E-state index in [4.69, 9.17) is 5.73 Å². The smallest absolute Gasteiger partial charge is 0.239 e. The van der Waals surface area contributed by atoms with Gasteiger partial charge in [0.1, 0.15) is 6.04 Å². The second kappa shape index (κ2) is 5.27. The zero-order valence-corrected chi connectivity index (χ0v) is 9.81. The summed E-state index contributed by atoms with van der Waals surface area (Å²) in [6.07, 6.45) is 0.450. The molecule has 1 saturated heterocycles. The molecular formula is C12H18N4O. The van der Waals surface area contributed by atoms with E-state index in [9.17, 15) is 4.79 Å². The molecule has 0 aromatic heterocycles. The lowest BCUT2D eigenvalue weighted by molar-refractivity contribution is -0.123. The molecule has 5 nitrogen and oxygen atoms in total. The molecular weight excluding hydrogens is 216 g/mol. The van der Waals surface area contributed by atoms with E-state index >= 15 is 0 Å². The topological polar surface area (TPSA) is 79.2 Å². The molecule has 1 fully saturated rings. The second-order valence-electron chi connectivity index (χ2n) is 4.32. The lowest BCUT2D eigenvalue weighted by Gasteiger charge is -2.17. The maximum atomic E-state index is 11.9. The van der Waals surface area contributed by atoms with E-state index in [1.807, 2.05) is 37.3 Å². The molecule has 1 heterocycles. The van der Waals surface area contributed by atoms with Crippen LogP contribution in [0, 0.1) is 0 Å². The number of carbonyl (C=O) groups excluding carboxylic acids is 1. The molecule has 1 amide bonds. The molecule has 0 spiro atoms. The third-order valence-corrected chi connectivity index (χ3v) is 2.91. The molecule has 0 radical (unpaired) electrons. The number of hydrogen-bond donors (Lipinski definition) is 4. The van der Waals surface area contributed by atoms with Gasteiger partial charge in [-0.05, 0) is 12.5 Å². The predicted molar refractivity (Wildman–Crippen MR) is 65.7 cm³/mol. The molecule has 3 unspecified atom stereocenters. The van der Waals surface area contributed by atoms with Gasteiger partial charge >= 0.3 is 0 Å². The zero-order valence-electron chi connectivity index (χ0n) is 9.81. The van der Waals surface area contributed by atoms with Crippen molar-refractivity contribution in [3.63, 3.8) is 0 Å². The highest BCUT2D eigenvalue weighted by molar-refractivity contribution is 5.82. The molecule has 92 valence electrons. The van der Waals surface area contributed by atoms with Crippen LogP contribution in [-0.4, -0.2) is 18.1 Å². The molecule has 17 heavy (non-hydrogen) atoms. The fourth-order valence-electron chi connectivity index (χ4n) is 1.89. The summed E-state index contributed by atoms with van der Waals surface area (Å²) in [7, 11) is 0. The quantitative estimate of drug-likeness (QED) is 0.594. The van der Waals surface area contributed by atoms with Gasteiger partial charge in [-0.3, -0.25) is 4.79 Å². The molecule has 0 saturated carbocycles. The normalized spacial score (nSPS) is 25.5. The molecule has 5 heteroatoms. The summed E-state index contributed by atoms with van der Waals surface area (Å²) in [6, 6.07) is 9.62. The Morgan fingerprint density at radius 1 is 1.41 bits per heavy atom. The van der Waals surface area contributed by atoms with Gasteiger partial charge in [0.15, 0.2) is 0 Å². The first kappa shape index (κ1) is 12.0. The standard InChI is InChI=1S/C12H18N4O/c1-8(9-5-3-2-4-6-9)14-12(17)10-7-11(13)16-15-10/h2-6,8,10-11,15-16H,7,13H2,1H3,(H,14,17). The van der Waals surface area contributed by atoms with Gasteiger partial charge < -0.3 is 11.1 Å². The Hall–Kier alpha value is -1.43. The van der Waals surface area contributed by atoms with Crippen LogP contribution in [0.1, 0.15) is 24.9 Å². The monoisotopic (exact) mass is 234 g/mol. The summed E-state index contributed by atoms with van der Waals surface area (Å²) >= 11 is 0. The van der Waals surface area contributed by atoms with E-state index < -0.39 is 0 Å². The van der Waals surface area contributed by atoms with Crippen LogP contribution in [0.15, 0.2) is 30.3 Å². The number of hydrazine groups is 1. The summed E-state index contributed by atoms with van der Waals surface area (Å²) in [5, 5.41) is 2.96. The van der Waals surface area contributed by atoms with E-state index in [1.54, 1.807) is 0 Å². The van der Waals surface area contributed by atoms with Crippen LogP contribution in [0.4, 0.5) is 0 Å². The molecule has 1 aromatic rings. The highest BCUT2D eigenvalue weighted by Crippen LogP contribution is 2.12. The van der Waals surface area contributed by atoms with Gasteiger partial charge in [-0.25, -0.2) is 10.9 Å². The number of rotatable bonds is 3. The highest BCUT2D eigenvalue weighted by Gasteiger charge is 2.27. The molecule has 0 bridgehead atoms. The van der Waals surface area contributed by atoms with E-state index in [2.05, 4.69) is 16.2 Å². The van der Waals surface area contributed by atoms with Gasteiger partial charge in [-0.15, -0.1) is 0 Å². The van der Waals surface area contributed by atoms with Crippen molar-refractivity contribution in [1.82, 2.24) is 16.2 Å². The Morgan fingerprint density at radius 3 is 2.71 bits per heavy atom. The number of hydrogen-bond acceptors (Lipinski definition) is 4. The molecule has 1 aliphatic heterocycles. The fraction of sp³-hybridized carbons (Fsp3) is 0.417. The third-order valence-electron chi connectivity index (χ3n) is 2.91. The van der Waals surface area contributed by atoms with Crippen molar-refractivity contribution in [2.75, 3.05) is 0 Å². The van der Waals surface area contributed by atoms with E-state index in [0.717, 1.165) is 5.56 Å². The lowest BCUT2D eigenvalue weighted by Crippen LogP contribution is -2.44. The van der Waals surface area contributed by atoms with Crippen LogP contribution in [0.25, 0.3) is 0 Å². The molecule has 2 rings (SSSR count). The Labute approximate surface area is 101 Å². The molecule has 1 aromatic carbocycles. The Balaban J connectivity index is 1.91. The molecule has 3 atom stereocenters. The summed E-state index contributed by atoms with van der Waals surface area (Å²) < 4.78 is 0. The largest absolute Gasteiger partial charge is 0.348 e. The Bertz CT molecular complexity index is 381. The van der Waals surface area contributed by atoms with Crippen molar-refractivity contribution in [2.24, 2.45) is 5.73 Å². The van der Waals surface area contributed by atoms with Crippen molar-refractivity contribution >= 4 is 5.91 Å². The Kier molecular flexibility index (Phi) is 3.73. The van der Waals surface area contributed by atoms with Crippen molar-refractivity contribution in [3.05, 3.63) is 35.9 Å². The summed E-state index contributed by atoms with van der Waals surface area (Å²) in [5.41, 5.74) is 12.5. The number of nitrogens with one attached hydrogen (secondary N) is 3.